The Hall–Kier alpha value is -2.95. The fraction of sp³-hybridized carbons (Fsp3) is 0.348. The maximum atomic E-state index is 13.0. The van der Waals surface area contributed by atoms with E-state index in [9.17, 15) is 14.4 Å². The topological polar surface area (TPSA) is 75.3 Å². The van der Waals surface area contributed by atoms with Gasteiger partial charge in [0.1, 0.15) is 5.41 Å². The Kier molecular flexibility index (Phi) is 5.36. The van der Waals surface area contributed by atoms with E-state index in [1.165, 1.54) is 6.92 Å². The fourth-order valence-electron chi connectivity index (χ4n) is 3.30. The summed E-state index contributed by atoms with van der Waals surface area (Å²) in [6.07, 6.45) is 1.05. The zero-order chi connectivity index (χ0) is 20.5. The van der Waals surface area contributed by atoms with Gasteiger partial charge in [-0.15, -0.1) is 0 Å². The number of anilines is 2. The Bertz CT molecular complexity index is 925. The van der Waals surface area contributed by atoms with E-state index in [1.807, 2.05) is 25.1 Å². The molecule has 5 heteroatoms. The van der Waals surface area contributed by atoms with E-state index in [-0.39, 0.29) is 23.5 Å². The molecule has 0 radical (unpaired) electrons. The summed E-state index contributed by atoms with van der Waals surface area (Å²) >= 11 is 0. The van der Waals surface area contributed by atoms with Gasteiger partial charge in [0.2, 0.25) is 11.8 Å². The molecule has 5 nitrogen and oxygen atoms in total. The largest absolute Gasteiger partial charge is 0.325 e. The minimum absolute atomic E-state index is 0.0323. The van der Waals surface area contributed by atoms with E-state index >= 15 is 0 Å². The molecule has 0 aromatic heterocycles. The summed E-state index contributed by atoms with van der Waals surface area (Å²) in [6.45, 7) is 7.61. The molecule has 2 aromatic rings. The first-order chi connectivity index (χ1) is 13.2. The quantitative estimate of drug-likeness (QED) is 0.566. The standard InChI is InChI=1S/C23H26N2O3/c1-14(2)19-7-5-6-15(3)20(19)25-22(28)23(12-13-23)21(27)24-18-10-8-17(9-11-18)16(4)26/h5-11,14H,12-13H2,1-4H3,(H,24,27)(H,25,28). The van der Waals surface area contributed by atoms with Crippen molar-refractivity contribution in [1.29, 1.82) is 0 Å². The first-order valence-corrected chi connectivity index (χ1v) is 9.58. The number of rotatable bonds is 6. The molecule has 0 heterocycles. The number of para-hydroxylation sites is 1. The van der Waals surface area contributed by atoms with Gasteiger partial charge in [-0.1, -0.05) is 32.0 Å². The van der Waals surface area contributed by atoms with Crippen LogP contribution in [0.3, 0.4) is 0 Å². The van der Waals surface area contributed by atoms with E-state index in [1.54, 1.807) is 24.3 Å². The zero-order valence-electron chi connectivity index (χ0n) is 16.8. The van der Waals surface area contributed by atoms with Crippen LogP contribution in [0.1, 0.15) is 61.0 Å². The first-order valence-electron chi connectivity index (χ1n) is 9.58. The lowest BCUT2D eigenvalue weighted by atomic mass is 9.97. The Balaban J connectivity index is 1.75. The van der Waals surface area contributed by atoms with Crippen LogP contribution in [0.5, 0.6) is 0 Å². The van der Waals surface area contributed by atoms with Crippen molar-refractivity contribution in [1.82, 2.24) is 0 Å². The van der Waals surface area contributed by atoms with Crippen LogP contribution >= 0.6 is 0 Å². The van der Waals surface area contributed by atoms with Gasteiger partial charge in [0.15, 0.2) is 5.78 Å². The monoisotopic (exact) mass is 378 g/mol. The van der Waals surface area contributed by atoms with Gasteiger partial charge in [0.05, 0.1) is 0 Å². The second-order valence-corrected chi connectivity index (χ2v) is 7.82. The summed E-state index contributed by atoms with van der Waals surface area (Å²) in [5.41, 5.74) is 2.97. The van der Waals surface area contributed by atoms with Crippen molar-refractivity contribution in [2.75, 3.05) is 10.6 Å². The maximum Gasteiger partial charge on any atom is 0.240 e. The van der Waals surface area contributed by atoms with Crippen molar-refractivity contribution >= 4 is 29.0 Å². The van der Waals surface area contributed by atoms with Gasteiger partial charge in [-0.2, -0.15) is 0 Å². The molecule has 0 saturated heterocycles. The Labute approximate surface area is 165 Å². The van der Waals surface area contributed by atoms with Crippen LogP contribution < -0.4 is 10.6 Å². The van der Waals surface area contributed by atoms with Gasteiger partial charge >= 0.3 is 0 Å². The lowest BCUT2D eigenvalue weighted by Crippen LogP contribution is -2.36. The first kappa shape index (κ1) is 19.8. The third-order valence-corrected chi connectivity index (χ3v) is 5.33. The summed E-state index contributed by atoms with van der Waals surface area (Å²) < 4.78 is 0. The second-order valence-electron chi connectivity index (χ2n) is 7.82. The molecule has 2 aromatic carbocycles. The van der Waals surface area contributed by atoms with Gasteiger partial charge in [-0.25, -0.2) is 0 Å². The van der Waals surface area contributed by atoms with Crippen LogP contribution in [0.15, 0.2) is 42.5 Å². The molecule has 1 saturated carbocycles. The number of amides is 2. The number of hydrogen-bond donors (Lipinski definition) is 2. The predicted octanol–water partition coefficient (Wildman–Crippen LogP) is 4.68. The van der Waals surface area contributed by atoms with Crippen molar-refractivity contribution in [3.63, 3.8) is 0 Å². The summed E-state index contributed by atoms with van der Waals surface area (Å²) in [6, 6.07) is 12.6. The van der Waals surface area contributed by atoms with Crippen molar-refractivity contribution in [2.24, 2.45) is 5.41 Å². The summed E-state index contributed by atoms with van der Waals surface area (Å²) in [5, 5.41) is 5.83. The lowest BCUT2D eigenvalue weighted by Gasteiger charge is -2.20. The van der Waals surface area contributed by atoms with Crippen LogP contribution in [-0.2, 0) is 9.59 Å². The van der Waals surface area contributed by atoms with E-state index < -0.39 is 5.41 Å². The number of hydrogen-bond acceptors (Lipinski definition) is 3. The number of carbonyl (C=O) groups excluding carboxylic acids is 3. The molecular weight excluding hydrogens is 352 g/mol. The fourth-order valence-corrected chi connectivity index (χ4v) is 3.30. The second kappa shape index (κ2) is 7.58. The van der Waals surface area contributed by atoms with Crippen molar-refractivity contribution < 1.29 is 14.4 Å². The number of ketones is 1. The molecule has 1 fully saturated rings. The highest BCUT2D eigenvalue weighted by Gasteiger charge is 2.56. The molecule has 146 valence electrons. The van der Waals surface area contributed by atoms with Gasteiger partial charge < -0.3 is 10.6 Å². The average Bonchev–Trinajstić information content (AvgIpc) is 3.45. The smallest absolute Gasteiger partial charge is 0.240 e. The normalized spacial score (nSPS) is 14.5. The van der Waals surface area contributed by atoms with Gasteiger partial charge in [-0.05, 0) is 68.0 Å². The highest BCUT2D eigenvalue weighted by Crippen LogP contribution is 2.48. The van der Waals surface area contributed by atoms with Crippen LogP contribution in [0, 0.1) is 12.3 Å². The molecule has 2 amide bonds. The molecule has 2 N–H and O–H groups in total. The van der Waals surface area contributed by atoms with Crippen LogP contribution in [0.25, 0.3) is 0 Å². The molecule has 1 aliphatic carbocycles. The number of carbonyl (C=O) groups is 3. The average molecular weight is 378 g/mol. The van der Waals surface area contributed by atoms with Gasteiger partial charge in [0.25, 0.3) is 0 Å². The van der Waals surface area contributed by atoms with Crippen molar-refractivity contribution in [3.8, 4) is 0 Å². The SMILES string of the molecule is CC(=O)c1ccc(NC(=O)C2(C(=O)Nc3c(C)cccc3C(C)C)CC2)cc1. The van der Waals surface area contributed by atoms with Crippen molar-refractivity contribution in [2.45, 2.75) is 46.5 Å². The van der Waals surface area contributed by atoms with Crippen molar-refractivity contribution in [3.05, 3.63) is 59.2 Å². The predicted molar refractivity (Wildman–Crippen MR) is 111 cm³/mol. The molecule has 0 aliphatic heterocycles. The van der Waals surface area contributed by atoms with E-state index in [4.69, 9.17) is 0 Å². The lowest BCUT2D eigenvalue weighted by molar-refractivity contribution is -0.131. The Morgan fingerprint density at radius 1 is 0.929 bits per heavy atom. The highest BCUT2D eigenvalue weighted by atomic mass is 16.2. The number of benzene rings is 2. The zero-order valence-corrected chi connectivity index (χ0v) is 16.8. The highest BCUT2D eigenvalue weighted by molar-refractivity contribution is 6.17. The molecule has 28 heavy (non-hydrogen) atoms. The molecule has 0 bridgehead atoms. The van der Waals surface area contributed by atoms with Gasteiger partial charge in [-0.3, -0.25) is 14.4 Å². The number of aryl methyl sites for hydroxylation is 1. The third-order valence-electron chi connectivity index (χ3n) is 5.33. The van der Waals surface area contributed by atoms with E-state index in [0.29, 0.717) is 24.1 Å². The molecule has 1 aliphatic rings. The van der Waals surface area contributed by atoms with Crippen LogP contribution in [0.2, 0.25) is 0 Å². The molecular formula is C23H26N2O3. The Morgan fingerprint density at radius 3 is 2.07 bits per heavy atom. The van der Waals surface area contributed by atoms with Crippen LogP contribution in [-0.4, -0.2) is 17.6 Å². The maximum absolute atomic E-state index is 13.0. The van der Waals surface area contributed by atoms with Crippen LogP contribution in [0.4, 0.5) is 11.4 Å². The van der Waals surface area contributed by atoms with Gasteiger partial charge in [0, 0.05) is 16.9 Å². The third kappa shape index (κ3) is 3.84. The minimum Gasteiger partial charge on any atom is -0.325 e. The molecule has 0 spiro atoms. The molecule has 3 rings (SSSR count). The number of nitrogens with one attached hydrogen (secondary N) is 2. The molecule has 0 unspecified atom stereocenters. The van der Waals surface area contributed by atoms with E-state index in [2.05, 4.69) is 24.5 Å². The Morgan fingerprint density at radius 2 is 1.54 bits per heavy atom. The minimum atomic E-state index is -1.03. The summed E-state index contributed by atoms with van der Waals surface area (Å²) in [5.74, 6) is -0.337. The summed E-state index contributed by atoms with van der Waals surface area (Å²) in [4.78, 5) is 37.2. The molecule has 0 atom stereocenters. The summed E-state index contributed by atoms with van der Waals surface area (Å²) in [7, 11) is 0. The number of Topliss-reactive ketones (excluding diaryl/α,β-unsaturated/α-hetero) is 1. The van der Waals surface area contributed by atoms with E-state index in [0.717, 1.165) is 16.8 Å².